The molecule has 1 heterocycles. The number of allylic oxidation sites excluding steroid dienone is 10. The van der Waals surface area contributed by atoms with Crippen LogP contribution in [0.1, 0.15) is 155 Å². The molecule has 0 radical (unpaired) electrons. The standard InChI is InChI=1S/C45H76O10/c1-3-5-7-9-11-13-15-17-18-19-20-22-24-26-28-30-32-34-41(48)54-38(37-53-45-44(51)43(50)42(49)39(35-46)55-45)36-52-40(47)33-31-29-27-25-23-21-16-14-12-10-8-6-4-2/h5,7,11,13,17-18,20,22,26,28,38-39,42-46,49-51H,3-4,6,8-10,12,14-16,19,21,23-25,27,29-37H2,1-2H3/b7-5-,13-11-,18-17-,22-20-,28-26-. The number of esters is 2. The van der Waals surface area contributed by atoms with Crippen LogP contribution in [0.4, 0.5) is 0 Å². The van der Waals surface area contributed by atoms with Crippen molar-refractivity contribution < 1.29 is 49.0 Å². The van der Waals surface area contributed by atoms with E-state index in [1.165, 1.54) is 64.2 Å². The molecule has 0 spiro atoms. The first-order valence-electron chi connectivity index (χ1n) is 21.4. The summed E-state index contributed by atoms with van der Waals surface area (Å²) in [5, 5.41) is 40.0. The molecular weight excluding hydrogens is 700 g/mol. The van der Waals surface area contributed by atoms with Crippen molar-refractivity contribution in [2.24, 2.45) is 0 Å². The number of carbonyl (C=O) groups is 2. The fourth-order valence-corrected chi connectivity index (χ4v) is 6.05. The lowest BCUT2D eigenvalue weighted by Gasteiger charge is -2.39. The number of ether oxygens (including phenoxy) is 4. The Hall–Kier alpha value is -2.60. The second-order valence-corrected chi connectivity index (χ2v) is 14.4. The second kappa shape index (κ2) is 35.8. The molecule has 0 amide bonds. The van der Waals surface area contributed by atoms with Crippen molar-refractivity contribution in [3.05, 3.63) is 60.8 Å². The third-order valence-corrected chi connectivity index (χ3v) is 9.42. The summed E-state index contributed by atoms with van der Waals surface area (Å²) in [6.07, 6.45) is 35.2. The third kappa shape index (κ3) is 27.6. The van der Waals surface area contributed by atoms with E-state index in [9.17, 15) is 30.0 Å². The number of rotatable bonds is 34. The minimum atomic E-state index is -1.61. The third-order valence-electron chi connectivity index (χ3n) is 9.42. The van der Waals surface area contributed by atoms with Crippen LogP contribution in [0.2, 0.25) is 0 Å². The Morgan fingerprint density at radius 2 is 1.07 bits per heavy atom. The zero-order chi connectivity index (χ0) is 40.2. The molecule has 1 saturated heterocycles. The molecule has 1 fully saturated rings. The van der Waals surface area contributed by atoms with Crippen molar-refractivity contribution in [2.45, 2.75) is 192 Å². The topological polar surface area (TPSA) is 152 Å². The van der Waals surface area contributed by atoms with Gasteiger partial charge in [-0.25, -0.2) is 0 Å². The summed E-state index contributed by atoms with van der Waals surface area (Å²) >= 11 is 0. The van der Waals surface area contributed by atoms with Crippen LogP contribution in [0.25, 0.3) is 0 Å². The predicted octanol–water partition coefficient (Wildman–Crippen LogP) is 8.66. The monoisotopic (exact) mass is 777 g/mol. The molecule has 10 nitrogen and oxygen atoms in total. The van der Waals surface area contributed by atoms with Crippen LogP contribution in [0, 0.1) is 0 Å². The lowest BCUT2D eigenvalue weighted by atomic mass is 9.99. The lowest BCUT2D eigenvalue weighted by Crippen LogP contribution is -2.59. The largest absolute Gasteiger partial charge is 0.462 e. The predicted molar refractivity (Wildman–Crippen MR) is 219 cm³/mol. The molecule has 0 aromatic heterocycles. The Labute approximate surface area is 332 Å². The minimum absolute atomic E-state index is 0.151. The Kier molecular flexibility index (Phi) is 32.8. The highest BCUT2D eigenvalue weighted by Gasteiger charge is 2.44. The molecular formula is C45H76O10. The van der Waals surface area contributed by atoms with E-state index in [1.54, 1.807) is 0 Å². The smallest absolute Gasteiger partial charge is 0.306 e. The molecule has 1 rings (SSSR count). The first kappa shape index (κ1) is 50.4. The maximum absolute atomic E-state index is 12.7. The van der Waals surface area contributed by atoms with Crippen LogP contribution >= 0.6 is 0 Å². The van der Waals surface area contributed by atoms with E-state index in [4.69, 9.17) is 18.9 Å². The van der Waals surface area contributed by atoms with E-state index in [1.807, 2.05) is 6.08 Å². The van der Waals surface area contributed by atoms with Gasteiger partial charge in [-0.1, -0.05) is 152 Å². The van der Waals surface area contributed by atoms with E-state index >= 15 is 0 Å². The van der Waals surface area contributed by atoms with Crippen molar-refractivity contribution in [1.29, 1.82) is 0 Å². The zero-order valence-corrected chi connectivity index (χ0v) is 34.2. The van der Waals surface area contributed by atoms with Gasteiger partial charge in [0.1, 0.15) is 31.0 Å². The number of aliphatic hydroxyl groups is 4. The highest BCUT2D eigenvalue weighted by molar-refractivity contribution is 5.70. The zero-order valence-electron chi connectivity index (χ0n) is 34.2. The number of hydrogen-bond donors (Lipinski definition) is 4. The molecule has 0 aromatic carbocycles. The van der Waals surface area contributed by atoms with Crippen LogP contribution < -0.4 is 0 Å². The van der Waals surface area contributed by atoms with Crippen molar-refractivity contribution in [1.82, 2.24) is 0 Å². The van der Waals surface area contributed by atoms with Gasteiger partial charge in [0.25, 0.3) is 0 Å². The maximum Gasteiger partial charge on any atom is 0.306 e. The van der Waals surface area contributed by atoms with Crippen molar-refractivity contribution in [3.8, 4) is 0 Å². The summed E-state index contributed by atoms with van der Waals surface area (Å²) < 4.78 is 22.1. The van der Waals surface area contributed by atoms with E-state index < -0.39 is 55.4 Å². The molecule has 10 heteroatoms. The van der Waals surface area contributed by atoms with E-state index in [2.05, 4.69) is 68.5 Å². The molecule has 6 unspecified atom stereocenters. The van der Waals surface area contributed by atoms with E-state index in [-0.39, 0.29) is 26.1 Å². The molecule has 1 aliphatic rings. The van der Waals surface area contributed by atoms with Crippen LogP contribution in [-0.2, 0) is 28.5 Å². The molecule has 4 N–H and O–H groups in total. The van der Waals surface area contributed by atoms with Gasteiger partial charge in [0, 0.05) is 12.8 Å². The fourth-order valence-electron chi connectivity index (χ4n) is 6.05. The van der Waals surface area contributed by atoms with Crippen LogP contribution in [0.3, 0.4) is 0 Å². The van der Waals surface area contributed by atoms with Gasteiger partial charge in [0.2, 0.25) is 0 Å². The molecule has 0 aliphatic carbocycles. The van der Waals surface area contributed by atoms with Crippen LogP contribution in [-0.4, -0.2) is 89.0 Å². The molecule has 0 saturated carbocycles. The highest BCUT2D eigenvalue weighted by atomic mass is 16.7. The quantitative estimate of drug-likeness (QED) is 0.0284. The van der Waals surface area contributed by atoms with Gasteiger partial charge in [-0.3, -0.25) is 9.59 Å². The molecule has 0 aromatic rings. The second-order valence-electron chi connectivity index (χ2n) is 14.4. The van der Waals surface area contributed by atoms with Gasteiger partial charge in [-0.2, -0.15) is 0 Å². The molecule has 55 heavy (non-hydrogen) atoms. The van der Waals surface area contributed by atoms with Crippen molar-refractivity contribution >= 4 is 11.9 Å². The van der Waals surface area contributed by atoms with Crippen LogP contribution in [0.15, 0.2) is 60.8 Å². The molecule has 0 bridgehead atoms. The Morgan fingerprint density at radius 1 is 0.582 bits per heavy atom. The Morgan fingerprint density at radius 3 is 1.60 bits per heavy atom. The average molecular weight is 777 g/mol. The Bertz CT molecular complexity index is 1080. The van der Waals surface area contributed by atoms with Gasteiger partial charge >= 0.3 is 11.9 Å². The first-order valence-corrected chi connectivity index (χ1v) is 21.4. The van der Waals surface area contributed by atoms with Crippen molar-refractivity contribution in [2.75, 3.05) is 19.8 Å². The fraction of sp³-hybridized carbons (Fsp3) is 0.733. The van der Waals surface area contributed by atoms with E-state index in [0.717, 1.165) is 51.4 Å². The summed E-state index contributed by atoms with van der Waals surface area (Å²) in [5.41, 5.74) is 0. The average Bonchev–Trinajstić information content (AvgIpc) is 3.18. The number of hydrogen-bond acceptors (Lipinski definition) is 10. The van der Waals surface area contributed by atoms with Gasteiger partial charge in [0.05, 0.1) is 13.2 Å². The lowest BCUT2D eigenvalue weighted by molar-refractivity contribution is -0.305. The Balaban J connectivity index is 2.41. The van der Waals surface area contributed by atoms with Crippen molar-refractivity contribution in [3.63, 3.8) is 0 Å². The normalized spacial score (nSPS) is 21.2. The maximum atomic E-state index is 12.7. The minimum Gasteiger partial charge on any atom is -0.462 e. The summed E-state index contributed by atoms with van der Waals surface area (Å²) in [7, 11) is 0. The van der Waals surface area contributed by atoms with Gasteiger partial charge in [-0.05, 0) is 51.4 Å². The summed E-state index contributed by atoms with van der Waals surface area (Å²) in [6.45, 7) is 3.24. The number of aliphatic hydroxyl groups excluding tert-OH is 4. The van der Waals surface area contributed by atoms with Gasteiger partial charge in [0.15, 0.2) is 12.4 Å². The molecule has 6 atom stereocenters. The summed E-state index contributed by atoms with van der Waals surface area (Å²) in [4.78, 5) is 25.2. The first-order chi connectivity index (χ1) is 26.8. The van der Waals surface area contributed by atoms with E-state index in [0.29, 0.717) is 12.8 Å². The van der Waals surface area contributed by atoms with Gasteiger partial charge < -0.3 is 39.4 Å². The summed E-state index contributed by atoms with van der Waals surface area (Å²) in [6, 6.07) is 0. The SMILES string of the molecule is CC/C=C\C/C=C\C/C=C\C/C=C\C/C=C\CCCC(=O)OC(COC(=O)CCCCCCCCCCCCCCC)COC1OC(CO)C(O)C(O)C1O. The van der Waals surface area contributed by atoms with Gasteiger partial charge in [-0.15, -0.1) is 0 Å². The highest BCUT2D eigenvalue weighted by Crippen LogP contribution is 2.22. The molecule has 1 aliphatic heterocycles. The summed E-state index contributed by atoms with van der Waals surface area (Å²) in [5.74, 6) is -0.877. The number of carbonyl (C=O) groups excluding carboxylic acids is 2. The molecule has 316 valence electrons. The number of unbranched alkanes of at least 4 members (excludes halogenated alkanes) is 13. The van der Waals surface area contributed by atoms with Crippen LogP contribution in [0.5, 0.6) is 0 Å².